The van der Waals surface area contributed by atoms with Crippen LogP contribution in [0.4, 0.5) is 47.4 Å². The van der Waals surface area contributed by atoms with Crippen molar-refractivity contribution in [3.05, 3.63) is 108 Å². The molecule has 5 aromatic carbocycles. The number of benzene rings is 5. The van der Waals surface area contributed by atoms with Gasteiger partial charge in [0, 0.05) is 129 Å². The van der Waals surface area contributed by atoms with E-state index in [0.29, 0.717) is 67.6 Å². The number of phenols is 1. The Morgan fingerprint density at radius 1 is 0.773 bits per heavy atom. The van der Waals surface area contributed by atoms with E-state index in [1.54, 1.807) is 0 Å². The molecule has 0 spiro atoms. The highest BCUT2D eigenvalue weighted by Crippen LogP contribution is 2.43. The molecule has 5 N–H and O–H groups in total. The summed E-state index contributed by atoms with van der Waals surface area (Å²) in [6, 6.07) is 26.2. The van der Waals surface area contributed by atoms with Crippen LogP contribution in [0.5, 0.6) is 11.8 Å². The minimum atomic E-state index is -0.913. The lowest BCUT2D eigenvalue weighted by atomic mass is 9.95. The van der Waals surface area contributed by atoms with Gasteiger partial charge in [-0.3, -0.25) is 19.5 Å². The molecule has 8 aromatic rings. The molecule has 0 saturated carbocycles. The van der Waals surface area contributed by atoms with Gasteiger partial charge >= 0.3 is 6.01 Å². The molecule has 4 unspecified atom stereocenters. The van der Waals surface area contributed by atoms with Gasteiger partial charge < -0.3 is 50.7 Å². The summed E-state index contributed by atoms with van der Waals surface area (Å²) >= 11 is 0. The number of aromatic hydroxyl groups is 1. The third-order valence-corrected chi connectivity index (χ3v) is 18.5. The Balaban J connectivity index is 0.000000162. The van der Waals surface area contributed by atoms with Crippen molar-refractivity contribution in [3.63, 3.8) is 0 Å². The van der Waals surface area contributed by atoms with Crippen molar-refractivity contribution in [2.24, 2.45) is 0 Å². The number of anilines is 6. The largest absolute Gasteiger partial charge is 0.508 e. The number of amides is 2. The smallest absolute Gasteiger partial charge is 0.319 e. The van der Waals surface area contributed by atoms with Gasteiger partial charge in [0.25, 0.3) is 0 Å². The van der Waals surface area contributed by atoms with E-state index in [2.05, 4.69) is 85.9 Å². The molecule has 0 aliphatic carbocycles. The molecule has 6 saturated heterocycles. The van der Waals surface area contributed by atoms with Crippen molar-refractivity contribution < 1.29 is 32.6 Å². The molecular formula is C68H74F3N13O4. The molecule has 20 heteroatoms. The molecule has 6 fully saturated rings. The fourth-order valence-corrected chi connectivity index (χ4v) is 14.1. The maximum atomic E-state index is 16.7. The monoisotopic (exact) mass is 1190 g/mol. The molecule has 0 radical (unpaired) electrons. The van der Waals surface area contributed by atoms with E-state index in [1.165, 1.54) is 56.1 Å². The van der Waals surface area contributed by atoms with Crippen molar-refractivity contribution >= 4 is 89.6 Å². The Morgan fingerprint density at radius 2 is 1.41 bits per heavy atom. The molecule has 6 aliphatic heterocycles. The second-order valence-corrected chi connectivity index (χ2v) is 24.8. The van der Waals surface area contributed by atoms with E-state index in [0.717, 1.165) is 122 Å². The van der Waals surface area contributed by atoms with Crippen molar-refractivity contribution in [3.8, 4) is 35.4 Å². The van der Waals surface area contributed by atoms with Gasteiger partial charge in [-0.15, -0.1) is 6.42 Å². The minimum absolute atomic E-state index is 0.00778. The lowest BCUT2D eigenvalue weighted by Gasteiger charge is -2.34. The van der Waals surface area contributed by atoms with Crippen LogP contribution in [0.1, 0.15) is 76.2 Å². The van der Waals surface area contributed by atoms with Gasteiger partial charge in [-0.25, -0.2) is 18.2 Å². The number of likely N-dealkylation sites (tertiary alicyclic amines) is 2. The third-order valence-electron chi connectivity index (χ3n) is 18.5. The molecule has 3 aromatic heterocycles. The Morgan fingerprint density at radius 3 is 2.03 bits per heavy atom. The van der Waals surface area contributed by atoms with Crippen LogP contribution in [0.3, 0.4) is 0 Å². The van der Waals surface area contributed by atoms with E-state index in [-0.39, 0.29) is 57.9 Å². The molecule has 2 amide bonds. The van der Waals surface area contributed by atoms with Crippen LogP contribution in [0.2, 0.25) is 0 Å². The molecule has 88 heavy (non-hydrogen) atoms. The van der Waals surface area contributed by atoms with Crippen molar-refractivity contribution in [1.82, 2.24) is 40.0 Å². The van der Waals surface area contributed by atoms with E-state index >= 15 is 4.39 Å². The van der Waals surface area contributed by atoms with Gasteiger partial charge in [-0.1, -0.05) is 12.0 Å². The SMILES string of the molecule is C#Cc1c(F)ccc2cc(O)cc(-c3ncc4c(N5CC6CCC(C5)N6)nc(OCC56CCCN5CC(F)C6)nc4c3F)c12.CN(C)c1ccc(Nc2c3ccc(NC(=O)CCN4CCCC4)cc3nc3cc(NC(=O)CCN4CCCC4)ccc23)cc1. The molecule has 456 valence electrons. The van der Waals surface area contributed by atoms with Crippen LogP contribution in [-0.4, -0.2) is 162 Å². The lowest BCUT2D eigenvalue weighted by Crippen LogP contribution is -2.51. The molecule has 17 nitrogen and oxygen atoms in total. The number of fused-ring (bicyclic) bond motifs is 7. The van der Waals surface area contributed by atoms with Crippen molar-refractivity contribution in [1.29, 1.82) is 0 Å². The molecule has 4 atom stereocenters. The van der Waals surface area contributed by atoms with Gasteiger partial charge in [0.15, 0.2) is 5.82 Å². The summed E-state index contributed by atoms with van der Waals surface area (Å²) in [5.74, 6) is 1.37. The quantitative estimate of drug-likeness (QED) is 0.0455. The second-order valence-electron chi connectivity index (χ2n) is 24.8. The second kappa shape index (κ2) is 25.0. The zero-order chi connectivity index (χ0) is 60.6. The summed E-state index contributed by atoms with van der Waals surface area (Å²) in [6.45, 7) is 8.67. The summed E-state index contributed by atoms with van der Waals surface area (Å²) in [6.07, 6.45) is 16.3. The number of rotatable bonds is 16. The maximum Gasteiger partial charge on any atom is 0.319 e. The summed E-state index contributed by atoms with van der Waals surface area (Å²) < 4.78 is 52.2. The van der Waals surface area contributed by atoms with Gasteiger partial charge in [0.2, 0.25) is 11.8 Å². The van der Waals surface area contributed by atoms with Crippen molar-refractivity contribution in [2.45, 2.75) is 94.4 Å². The predicted octanol–water partition coefficient (Wildman–Crippen LogP) is 10.8. The van der Waals surface area contributed by atoms with E-state index in [4.69, 9.17) is 21.1 Å². The first-order valence-electron chi connectivity index (χ1n) is 31.0. The number of piperazine rings is 1. The van der Waals surface area contributed by atoms with Crippen molar-refractivity contribution in [2.75, 3.05) is 112 Å². The molecule has 2 bridgehead atoms. The first-order valence-corrected chi connectivity index (χ1v) is 31.0. The number of nitrogens with one attached hydrogen (secondary N) is 4. The van der Waals surface area contributed by atoms with Crippen LogP contribution in [0.25, 0.3) is 54.7 Å². The number of nitrogens with zero attached hydrogens (tertiary/aromatic N) is 9. The van der Waals surface area contributed by atoms with E-state index in [9.17, 15) is 23.5 Å². The van der Waals surface area contributed by atoms with Crippen LogP contribution in [-0.2, 0) is 9.59 Å². The average molecular weight is 1190 g/mol. The maximum absolute atomic E-state index is 16.7. The standard InChI is InChI=1S/C35H43N7O2.C33H31F3N6O2/c1-40(2)28-11-7-25(8-12-28)38-35-29-13-9-26(36-33(43)15-21-41-17-3-4-18-41)23-31(29)39-32-24-27(10-14-30(32)35)37-34(44)16-22-42-19-5-6-20-42;1-2-23-26(35)7-4-18-10-22(43)11-24(27(18)23)29-28(36)30-25(13-37-29)31(41-15-20-5-6-21(16-41)38-20)40-32(39-30)44-17-33-8-3-9-42(33)14-19(34)12-33/h7-14,23-24H,3-6,15-22H2,1-2H3,(H,36,43)(H,37,44)(H,38,39);1,4,7,10-11,13,19-21,38,43H,3,5-6,8-9,12,14-17H2. The number of hydrogen-bond acceptors (Lipinski definition) is 15. The van der Waals surface area contributed by atoms with Crippen LogP contribution < -0.4 is 35.8 Å². The van der Waals surface area contributed by atoms with Gasteiger partial charge in [-0.05, 0) is 168 Å². The fraction of sp³-hybridized carbons (Fsp3) is 0.412. The van der Waals surface area contributed by atoms with Crippen LogP contribution in [0, 0.1) is 24.0 Å². The normalized spacial score (nSPS) is 21.0. The van der Waals surface area contributed by atoms with Crippen LogP contribution in [0.15, 0.2) is 91.1 Å². The molecule has 14 rings (SSSR count). The third kappa shape index (κ3) is 12.3. The lowest BCUT2D eigenvalue weighted by molar-refractivity contribution is -0.117. The summed E-state index contributed by atoms with van der Waals surface area (Å²) in [5, 5.41) is 26.9. The highest BCUT2D eigenvalue weighted by Gasteiger charge is 2.49. The fourth-order valence-electron chi connectivity index (χ4n) is 14.1. The highest BCUT2D eigenvalue weighted by molar-refractivity contribution is 6.11. The van der Waals surface area contributed by atoms with Crippen LogP contribution >= 0.6 is 0 Å². The average Bonchev–Trinajstić information content (AvgIpc) is 1.07. The number of phenolic OH excluding ortho intramolecular Hbond substituents is 1. The number of terminal acetylenes is 1. The zero-order valence-electron chi connectivity index (χ0n) is 49.9. The number of alkyl halides is 1. The van der Waals surface area contributed by atoms with E-state index < -0.39 is 23.3 Å². The highest BCUT2D eigenvalue weighted by atomic mass is 19.1. The van der Waals surface area contributed by atoms with Gasteiger partial charge in [0.1, 0.15) is 41.4 Å². The zero-order valence-corrected chi connectivity index (χ0v) is 49.9. The van der Waals surface area contributed by atoms with Gasteiger partial charge in [0.05, 0.1) is 33.2 Å². The minimum Gasteiger partial charge on any atom is -0.508 e. The number of aromatic nitrogens is 4. The summed E-state index contributed by atoms with van der Waals surface area (Å²) in [7, 11) is 4.05. The van der Waals surface area contributed by atoms with Gasteiger partial charge in [-0.2, -0.15) is 9.97 Å². The molecule has 6 aliphatic rings. The number of pyridine rings is 2. The topological polar surface area (TPSA) is 179 Å². The Labute approximate surface area is 510 Å². The van der Waals surface area contributed by atoms with E-state index in [1.807, 2.05) is 50.5 Å². The molecule has 9 heterocycles. The summed E-state index contributed by atoms with van der Waals surface area (Å²) in [5.41, 5.74) is 5.52. The number of hydrogen-bond donors (Lipinski definition) is 5. The predicted molar refractivity (Wildman–Crippen MR) is 342 cm³/mol. The Kier molecular flexibility index (Phi) is 16.7. The number of ether oxygens (including phenoxy) is 1. The number of carbonyl (C=O) groups excluding carboxylic acids is 2. The number of halogens is 3. The summed E-state index contributed by atoms with van der Waals surface area (Å²) in [4.78, 5) is 55.4. The first-order chi connectivity index (χ1) is 42.7. The number of carbonyl (C=O) groups is 2. The molecular weight excluding hydrogens is 1120 g/mol. The Bertz CT molecular complexity index is 3900. The Hall–Kier alpha value is -8.35. The first kappa shape index (κ1) is 58.7.